The Bertz CT molecular complexity index is 1280. The van der Waals surface area contributed by atoms with Gasteiger partial charge >= 0.3 is 0 Å². The fourth-order valence-electron chi connectivity index (χ4n) is 3.89. The molecule has 0 unspecified atom stereocenters. The van der Waals surface area contributed by atoms with Crippen LogP contribution in [-0.4, -0.2) is 58.6 Å². The molecule has 2 aromatic carbocycles. The van der Waals surface area contributed by atoms with E-state index in [0.717, 1.165) is 23.4 Å². The van der Waals surface area contributed by atoms with Gasteiger partial charge in [0.05, 0.1) is 23.5 Å². The van der Waals surface area contributed by atoms with Crippen LogP contribution in [0.25, 0.3) is 0 Å². The number of sulfonamides is 1. The van der Waals surface area contributed by atoms with Crippen LogP contribution in [0.3, 0.4) is 0 Å². The van der Waals surface area contributed by atoms with Gasteiger partial charge in [0, 0.05) is 43.3 Å². The molecule has 0 radical (unpaired) electrons. The Morgan fingerprint density at radius 3 is 2.56 bits per heavy atom. The van der Waals surface area contributed by atoms with E-state index in [-0.39, 0.29) is 42.5 Å². The zero-order valence-corrected chi connectivity index (χ0v) is 21.2. The number of benzene rings is 2. The van der Waals surface area contributed by atoms with Crippen molar-refractivity contribution >= 4 is 43.1 Å². The van der Waals surface area contributed by atoms with Crippen molar-refractivity contribution in [3.63, 3.8) is 0 Å². The molecule has 0 saturated heterocycles. The molecule has 0 saturated carbocycles. The summed E-state index contributed by atoms with van der Waals surface area (Å²) >= 11 is 6.25. The molecule has 1 aliphatic heterocycles. The van der Waals surface area contributed by atoms with Crippen LogP contribution in [0.4, 0.5) is 11.4 Å². The number of nitrogens with zero attached hydrogens (tertiary/aromatic N) is 3. The summed E-state index contributed by atoms with van der Waals surface area (Å²) in [5.74, 6) is 0. The predicted octanol–water partition coefficient (Wildman–Crippen LogP) is 3.19. The quantitative estimate of drug-likeness (QED) is 0.260. The SMILES string of the molecule is CCCN(CCOS(C)(=O)=O)c1ccc([N+](=O)[O-])cc1S(=O)(=O)N1CCc2c(Cl)cccc2C1. The van der Waals surface area contributed by atoms with Gasteiger partial charge in [-0.15, -0.1) is 0 Å². The normalized spacial score (nSPS) is 14.6. The highest BCUT2D eigenvalue weighted by molar-refractivity contribution is 7.89. The van der Waals surface area contributed by atoms with Gasteiger partial charge in [0.25, 0.3) is 15.8 Å². The molecule has 0 aliphatic carbocycles. The van der Waals surface area contributed by atoms with Crippen LogP contribution in [0, 0.1) is 10.1 Å². The lowest BCUT2D eigenvalue weighted by Crippen LogP contribution is -2.37. The Kier molecular flexibility index (Phi) is 8.19. The van der Waals surface area contributed by atoms with Crippen molar-refractivity contribution in [1.82, 2.24) is 4.31 Å². The highest BCUT2D eigenvalue weighted by Gasteiger charge is 2.33. The summed E-state index contributed by atoms with van der Waals surface area (Å²) in [7, 11) is -7.81. The molecule has 10 nitrogen and oxygen atoms in total. The third-order valence-corrected chi connectivity index (χ3v) is 8.26. The van der Waals surface area contributed by atoms with Crippen LogP contribution in [-0.2, 0) is 37.3 Å². The molecule has 0 amide bonds. The minimum Gasteiger partial charge on any atom is -0.368 e. The molecule has 0 atom stereocenters. The number of nitro groups is 1. The number of anilines is 1. The van der Waals surface area contributed by atoms with E-state index < -0.39 is 25.1 Å². The molecule has 0 fully saturated rings. The summed E-state index contributed by atoms with van der Waals surface area (Å²) in [6.45, 7) is 2.43. The molecular weight excluding hydrogens is 506 g/mol. The topological polar surface area (TPSA) is 127 Å². The summed E-state index contributed by atoms with van der Waals surface area (Å²) in [5, 5.41) is 12.0. The second kappa shape index (κ2) is 10.6. The molecule has 0 spiro atoms. The van der Waals surface area contributed by atoms with Gasteiger partial charge in [0.1, 0.15) is 4.90 Å². The Morgan fingerprint density at radius 2 is 1.91 bits per heavy atom. The van der Waals surface area contributed by atoms with Crippen LogP contribution < -0.4 is 4.90 Å². The van der Waals surface area contributed by atoms with Gasteiger partial charge in [0.2, 0.25) is 10.0 Å². The third kappa shape index (κ3) is 6.05. The van der Waals surface area contributed by atoms with E-state index in [4.69, 9.17) is 15.8 Å². The fraction of sp³-hybridized carbons (Fsp3) is 0.429. The molecule has 0 bridgehead atoms. The molecular formula is C21H26ClN3O7S2. The molecule has 1 heterocycles. The van der Waals surface area contributed by atoms with Gasteiger partial charge in [0.15, 0.2) is 0 Å². The van der Waals surface area contributed by atoms with Gasteiger partial charge in [-0.25, -0.2) is 8.42 Å². The molecule has 186 valence electrons. The number of non-ortho nitro benzene ring substituents is 1. The van der Waals surface area contributed by atoms with Crippen molar-refractivity contribution in [3.05, 3.63) is 62.7 Å². The minimum absolute atomic E-state index is 0.0830. The van der Waals surface area contributed by atoms with E-state index in [0.29, 0.717) is 24.4 Å². The summed E-state index contributed by atoms with van der Waals surface area (Å²) in [5.41, 5.74) is 1.56. The second-order valence-electron chi connectivity index (χ2n) is 7.89. The van der Waals surface area contributed by atoms with E-state index >= 15 is 0 Å². The monoisotopic (exact) mass is 531 g/mol. The molecule has 1 aliphatic rings. The number of halogens is 1. The average Bonchev–Trinajstić information content (AvgIpc) is 2.77. The summed E-state index contributed by atoms with van der Waals surface area (Å²) in [6.07, 6.45) is 1.98. The standard InChI is InChI=1S/C21H26ClN3O7S2/c1-3-10-23(12-13-32-33(2,28)29)20-8-7-17(25(26)27)14-21(20)34(30,31)24-11-9-18-16(15-24)5-4-6-19(18)22/h4-8,14H,3,9-13,15H2,1-2H3. The first-order chi connectivity index (χ1) is 15.9. The van der Waals surface area contributed by atoms with E-state index in [1.165, 1.54) is 16.4 Å². The maximum Gasteiger partial charge on any atom is 0.270 e. The fourth-order valence-corrected chi connectivity index (χ4v) is 6.20. The minimum atomic E-state index is -4.14. The first-order valence-corrected chi connectivity index (χ1v) is 14.2. The van der Waals surface area contributed by atoms with Gasteiger partial charge in [-0.3, -0.25) is 14.3 Å². The molecule has 0 aromatic heterocycles. The molecule has 0 N–H and O–H groups in total. The second-order valence-corrected chi connectivity index (χ2v) is 11.8. The highest BCUT2D eigenvalue weighted by atomic mass is 35.5. The number of rotatable bonds is 10. The molecule has 3 rings (SSSR count). The van der Waals surface area contributed by atoms with E-state index in [1.54, 1.807) is 17.0 Å². The Hall–Kier alpha value is -2.25. The van der Waals surface area contributed by atoms with Gasteiger partial charge in [-0.2, -0.15) is 12.7 Å². The summed E-state index contributed by atoms with van der Waals surface area (Å²) in [6, 6.07) is 8.99. The van der Waals surface area contributed by atoms with Crippen molar-refractivity contribution in [1.29, 1.82) is 0 Å². The lowest BCUT2D eigenvalue weighted by atomic mass is 10.0. The van der Waals surface area contributed by atoms with Crippen molar-refractivity contribution in [2.75, 3.05) is 37.4 Å². The van der Waals surface area contributed by atoms with E-state index in [9.17, 15) is 26.9 Å². The van der Waals surface area contributed by atoms with Crippen LogP contribution >= 0.6 is 11.6 Å². The van der Waals surface area contributed by atoms with Crippen molar-refractivity contribution in [3.8, 4) is 0 Å². The highest BCUT2D eigenvalue weighted by Crippen LogP contribution is 2.35. The van der Waals surface area contributed by atoms with Crippen LogP contribution in [0.15, 0.2) is 41.3 Å². The van der Waals surface area contributed by atoms with Gasteiger partial charge in [-0.1, -0.05) is 30.7 Å². The lowest BCUT2D eigenvalue weighted by molar-refractivity contribution is -0.385. The van der Waals surface area contributed by atoms with Crippen LogP contribution in [0.5, 0.6) is 0 Å². The predicted molar refractivity (Wildman–Crippen MR) is 129 cm³/mol. The first kappa shape index (κ1) is 26.4. The third-order valence-electron chi connectivity index (χ3n) is 5.44. The van der Waals surface area contributed by atoms with E-state index in [2.05, 4.69) is 0 Å². The zero-order valence-electron chi connectivity index (χ0n) is 18.8. The molecule has 13 heteroatoms. The van der Waals surface area contributed by atoms with Crippen LogP contribution in [0.1, 0.15) is 24.5 Å². The number of nitro benzene ring substituents is 1. The van der Waals surface area contributed by atoms with Crippen molar-refractivity contribution in [2.24, 2.45) is 0 Å². The van der Waals surface area contributed by atoms with Crippen molar-refractivity contribution in [2.45, 2.75) is 31.2 Å². The smallest absolute Gasteiger partial charge is 0.270 e. The number of hydrogen-bond donors (Lipinski definition) is 0. The van der Waals surface area contributed by atoms with Crippen molar-refractivity contribution < 1.29 is 25.9 Å². The summed E-state index contributed by atoms with van der Waals surface area (Å²) < 4.78 is 56.3. The Labute approximate surface area is 204 Å². The van der Waals surface area contributed by atoms with Crippen LogP contribution in [0.2, 0.25) is 5.02 Å². The Morgan fingerprint density at radius 1 is 1.18 bits per heavy atom. The number of hydrogen-bond acceptors (Lipinski definition) is 8. The zero-order chi connectivity index (χ0) is 25.1. The van der Waals surface area contributed by atoms with Gasteiger partial charge in [-0.05, 0) is 36.1 Å². The summed E-state index contributed by atoms with van der Waals surface area (Å²) in [4.78, 5) is 12.2. The van der Waals surface area contributed by atoms with Gasteiger partial charge < -0.3 is 4.90 Å². The number of fused-ring (bicyclic) bond motifs is 1. The lowest BCUT2D eigenvalue weighted by Gasteiger charge is -2.31. The maximum absolute atomic E-state index is 13.7. The average molecular weight is 532 g/mol. The molecule has 34 heavy (non-hydrogen) atoms. The van der Waals surface area contributed by atoms with E-state index in [1.807, 2.05) is 13.0 Å². The Balaban J connectivity index is 2.02. The molecule has 2 aromatic rings. The largest absolute Gasteiger partial charge is 0.368 e. The first-order valence-electron chi connectivity index (χ1n) is 10.6. The maximum atomic E-state index is 13.7.